The highest BCUT2D eigenvalue weighted by Gasteiger charge is 2.26. The molecule has 1 aliphatic rings. The minimum atomic E-state index is -0.408. The van der Waals surface area contributed by atoms with E-state index in [1.807, 2.05) is 13.8 Å². The summed E-state index contributed by atoms with van der Waals surface area (Å²) in [4.78, 5) is 30.2. The van der Waals surface area contributed by atoms with Crippen molar-refractivity contribution in [2.24, 2.45) is 0 Å². The van der Waals surface area contributed by atoms with Crippen molar-refractivity contribution in [3.05, 3.63) is 58.2 Å². The zero-order chi connectivity index (χ0) is 21.0. The molecule has 1 saturated heterocycles. The van der Waals surface area contributed by atoms with Crippen LogP contribution in [-0.4, -0.2) is 47.6 Å². The third-order valence-corrected chi connectivity index (χ3v) is 5.25. The van der Waals surface area contributed by atoms with Crippen LogP contribution in [0.5, 0.6) is 0 Å². The van der Waals surface area contributed by atoms with Gasteiger partial charge in [0.05, 0.1) is 12.7 Å². The largest absolute Gasteiger partial charge is 0.461 e. The predicted octanol–water partition coefficient (Wildman–Crippen LogP) is 3.77. The minimum Gasteiger partial charge on any atom is -0.461 e. The number of nitrogens with one attached hydrogen (secondary N) is 1. The lowest BCUT2D eigenvalue weighted by Crippen LogP contribution is -2.37. The Labute approximate surface area is 170 Å². The number of esters is 1. The lowest BCUT2D eigenvalue weighted by atomic mass is 10.1. The molecule has 1 aliphatic heterocycles. The Hall–Kier alpha value is -2.67. The van der Waals surface area contributed by atoms with Gasteiger partial charge in [-0.05, 0) is 69.0 Å². The molecule has 0 radical (unpaired) electrons. The molecule has 0 aliphatic carbocycles. The van der Waals surface area contributed by atoms with Crippen molar-refractivity contribution < 1.29 is 23.5 Å². The van der Waals surface area contributed by atoms with Gasteiger partial charge in [-0.2, -0.15) is 0 Å². The number of aromatic nitrogens is 1. The van der Waals surface area contributed by atoms with Gasteiger partial charge in [-0.15, -0.1) is 0 Å². The van der Waals surface area contributed by atoms with Crippen LogP contribution in [0.3, 0.4) is 0 Å². The molecule has 1 amide bonds. The second-order valence-electron chi connectivity index (χ2n) is 7.28. The van der Waals surface area contributed by atoms with Crippen LogP contribution in [0, 0.1) is 19.7 Å². The van der Waals surface area contributed by atoms with E-state index in [4.69, 9.17) is 9.47 Å². The Morgan fingerprint density at radius 2 is 2.00 bits per heavy atom. The molecular formula is C22H27FN2O4. The van der Waals surface area contributed by atoms with Gasteiger partial charge in [0, 0.05) is 31.0 Å². The Morgan fingerprint density at radius 1 is 1.28 bits per heavy atom. The molecular weight excluding hydrogens is 375 g/mol. The normalized spacial score (nSPS) is 16.1. The molecule has 156 valence electrons. The molecule has 7 heteroatoms. The quantitative estimate of drug-likeness (QED) is 0.716. The highest BCUT2D eigenvalue weighted by molar-refractivity contribution is 5.94. The van der Waals surface area contributed by atoms with Crippen molar-refractivity contribution in [2.75, 3.05) is 19.8 Å². The van der Waals surface area contributed by atoms with Crippen LogP contribution in [-0.2, 0) is 16.0 Å². The number of carbonyl (C=O) groups excluding carboxylic acids is 2. The van der Waals surface area contributed by atoms with Gasteiger partial charge in [0.15, 0.2) is 0 Å². The maximum Gasteiger partial charge on any atom is 0.355 e. The Morgan fingerprint density at radius 3 is 2.62 bits per heavy atom. The summed E-state index contributed by atoms with van der Waals surface area (Å²) in [5.74, 6) is -0.989. The fraction of sp³-hybridized carbons (Fsp3) is 0.455. The third-order valence-electron chi connectivity index (χ3n) is 5.25. The van der Waals surface area contributed by atoms with Crippen LogP contribution in [0.2, 0.25) is 0 Å². The first-order valence-electron chi connectivity index (χ1n) is 9.92. The average molecular weight is 402 g/mol. The fourth-order valence-electron chi connectivity index (χ4n) is 3.65. The van der Waals surface area contributed by atoms with Crippen molar-refractivity contribution in [3.8, 4) is 0 Å². The summed E-state index contributed by atoms with van der Waals surface area (Å²) >= 11 is 0. The summed E-state index contributed by atoms with van der Waals surface area (Å²) in [5, 5.41) is 0. The summed E-state index contributed by atoms with van der Waals surface area (Å²) in [6.45, 7) is 7.22. The maximum atomic E-state index is 13.3. The minimum absolute atomic E-state index is 0.0246. The molecule has 6 nitrogen and oxygen atoms in total. The summed E-state index contributed by atoms with van der Waals surface area (Å²) in [6, 6.07) is 5.54. The van der Waals surface area contributed by atoms with Crippen molar-refractivity contribution in [3.63, 3.8) is 0 Å². The van der Waals surface area contributed by atoms with Crippen LogP contribution in [0.25, 0.3) is 0 Å². The average Bonchev–Trinajstić information content (AvgIpc) is 3.31. The second kappa shape index (κ2) is 9.22. The molecule has 1 aromatic carbocycles. The Kier molecular flexibility index (Phi) is 6.69. The molecule has 1 N–H and O–H groups in total. The topological polar surface area (TPSA) is 71.6 Å². The lowest BCUT2D eigenvalue weighted by molar-refractivity contribution is 0.0506. The lowest BCUT2D eigenvalue weighted by Gasteiger charge is -2.26. The molecule has 1 atom stereocenters. The van der Waals surface area contributed by atoms with E-state index >= 15 is 0 Å². The molecule has 0 saturated carbocycles. The number of rotatable bonds is 7. The number of hydrogen-bond donors (Lipinski definition) is 1. The number of benzene rings is 1. The van der Waals surface area contributed by atoms with Crippen LogP contribution < -0.4 is 0 Å². The molecule has 2 heterocycles. The molecule has 29 heavy (non-hydrogen) atoms. The first-order chi connectivity index (χ1) is 13.9. The molecule has 1 fully saturated rings. The van der Waals surface area contributed by atoms with Crippen molar-refractivity contribution in [1.82, 2.24) is 9.88 Å². The van der Waals surface area contributed by atoms with E-state index in [0.717, 1.165) is 29.7 Å². The molecule has 0 unspecified atom stereocenters. The first-order valence-corrected chi connectivity index (χ1v) is 9.92. The molecule has 1 aromatic heterocycles. The van der Waals surface area contributed by atoms with E-state index in [-0.39, 0.29) is 17.8 Å². The highest BCUT2D eigenvalue weighted by Crippen LogP contribution is 2.23. The fourth-order valence-corrected chi connectivity index (χ4v) is 3.65. The van der Waals surface area contributed by atoms with E-state index in [1.54, 1.807) is 11.8 Å². The van der Waals surface area contributed by atoms with E-state index in [0.29, 0.717) is 37.6 Å². The van der Waals surface area contributed by atoms with E-state index in [9.17, 15) is 14.0 Å². The van der Waals surface area contributed by atoms with Gasteiger partial charge < -0.3 is 19.4 Å². The Balaban J connectivity index is 1.87. The zero-order valence-corrected chi connectivity index (χ0v) is 17.1. The molecule has 0 bridgehead atoms. The monoisotopic (exact) mass is 402 g/mol. The van der Waals surface area contributed by atoms with Crippen molar-refractivity contribution >= 4 is 11.9 Å². The van der Waals surface area contributed by atoms with Gasteiger partial charge in [-0.1, -0.05) is 0 Å². The Bertz CT molecular complexity index is 870. The SMILES string of the molecule is CCOC(=O)c1[nH]c(C)c(CN(C[C@@H]2CCCO2)C(=O)c2ccc(F)cc2)c1C. The van der Waals surface area contributed by atoms with Gasteiger partial charge >= 0.3 is 5.97 Å². The van der Waals surface area contributed by atoms with Gasteiger partial charge in [0.1, 0.15) is 11.5 Å². The van der Waals surface area contributed by atoms with Crippen LogP contribution in [0.1, 0.15) is 57.4 Å². The number of aromatic amines is 1. The molecule has 2 aromatic rings. The van der Waals surface area contributed by atoms with Gasteiger partial charge in [0.2, 0.25) is 0 Å². The van der Waals surface area contributed by atoms with Gasteiger partial charge in [-0.3, -0.25) is 4.79 Å². The summed E-state index contributed by atoms with van der Waals surface area (Å²) < 4.78 is 24.1. The highest BCUT2D eigenvalue weighted by atomic mass is 19.1. The molecule has 0 spiro atoms. The number of halogens is 1. The number of nitrogens with zero attached hydrogens (tertiary/aromatic N) is 1. The first kappa shape index (κ1) is 21.0. The van der Waals surface area contributed by atoms with Crippen LogP contribution >= 0.6 is 0 Å². The number of hydrogen-bond acceptors (Lipinski definition) is 4. The predicted molar refractivity (Wildman–Crippen MR) is 106 cm³/mol. The standard InChI is InChI=1S/C22H27FN2O4/c1-4-28-22(27)20-14(2)19(15(3)24-20)13-25(12-18-6-5-11-29-18)21(26)16-7-9-17(23)10-8-16/h7-10,18,24H,4-6,11-13H2,1-3H3/t18-/m0/s1. The van der Waals surface area contributed by atoms with Crippen molar-refractivity contribution in [2.45, 2.75) is 46.3 Å². The summed E-state index contributed by atoms with van der Waals surface area (Å²) in [6.07, 6.45) is 1.84. The van der Waals surface area contributed by atoms with E-state index in [1.165, 1.54) is 24.3 Å². The second-order valence-corrected chi connectivity index (χ2v) is 7.28. The number of carbonyl (C=O) groups is 2. The number of H-pyrrole nitrogens is 1. The smallest absolute Gasteiger partial charge is 0.355 e. The summed E-state index contributed by atoms with van der Waals surface area (Å²) in [5.41, 5.74) is 3.29. The number of aryl methyl sites for hydroxylation is 1. The summed E-state index contributed by atoms with van der Waals surface area (Å²) in [7, 11) is 0. The zero-order valence-electron chi connectivity index (χ0n) is 17.1. The van der Waals surface area contributed by atoms with Gasteiger partial charge in [-0.25, -0.2) is 9.18 Å². The third kappa shape index (κ3) is 4.85. The van der Waals surface area contributed by atoms with Crippen LogP contribution in [0.4, 0.5) is 4.39 Å². The number of ether oxygens (including phenoxy) is 2. The van der Waals surface area contributed by atoms with Crippen molar-refractivity contribution in [1.29, 1.82) is 0 Å². The number of amides is 1. The molecule has 3 rings (SSSR count). The van der Waals surface area contributed by atoms with E-state index < -0.39 is 5.97 Å². The van der Waals surface area contributed by atoms with E-state index in [2.05, 4.69) is 4.98 Å². The van der Waals surface area contributed by atoms with Gasteiger partial charge in [0.25, 0.3) is 5.91 Å². The maximum absolute atomic E-state index is 13.3. The van der Waals surface area contributed by atoms with Crippen LogP contribution in [0.15, 0.2) is 24.3 Å².